The molecule has 0 fully saturated rings. The van der Waals surface area contributed by atoms with E-state index in [4.69, 9.17) is 0 Å². The Morgan fingerprint density at radius 1 is 0.407 bits per heavy atom. The molecule has 0 saturated carbocycles. The van der Waals surface area contributed by atoms with Crippen LogP contribution in [0.25, 0.3) is 38.6 Å². The van der Waals surface area contributed by atoms with Gasteiger partial charge in [0.25, 0.3) is 0 Å². The van der Waals surface area contributed by atoms with Gasteiger partial charge in [-0.2, -0.15) is 0 Å². The van der Waals surface area contributed by atoms with Gasteiger partial charge in [-0.1, -0.05) is 6.07 Å². The van der Waals surface area contributed by atoms with Gasteiger partial charge in [0.15, 0.2) is 0 Å². The second-order valence-electron chi connectivity index (χ2n) is 15.8. The van der Waals surface area contributed by atoms with Crippen molar-refractivity contribution in [2.45, 2.75) is 5.41 Å². The molecule has 1 unspecified atom stereocenters. The summed E-state index contributed by atoms with van der Waals surface area (Å²) in [6, 6.07) is 80.7. The predicted molar refractivity (Wildman–Crippen MR) is 249 cm³/mol. The molecule has 2 aliphatic heterocycles. The van der Waals surface area contributed by atoms with Crippen LogP contribution in [0, 0.1) is 0 Å². The number of para-hydroxylation sites is 4. The van der Waals surface area contributed by atoms with Crippen LogP contribution in [0.3, 0.4) is 0 Å². The molecule has 10 aromatic rings. The molecule has 3 heterocycles. The van der Waals surface area contributed by atoms with Crippen LogP contribution >= 0.6 is 7.49 Å². The van der Waals surface area contributed by atoms with E-state index in [1.807, 2.05) is 6.07 Å². The first kappa shape index (κ1) is 34.0. The quantitative estimate of drug-likeness (QED) is 0.176. The molecule has 0 bridgehead atoms. The summed E-state index contributed by atoms with van der Waals surface area (Å²) in [6.45, 7) is 0. The van der Waals surface area contributed by atoms with E-state index < -0.39 is 12.9 Å². The van der Waals surface area contributed by atoms with Crippen molar-refractivity contribution in [2.75, 3.05) is 4.90 Å². The molecule has 280 valence electrons. The molecule has 0 amide bonds. The third-order valence-corrected chi connectivity index (χ3v) is 16.5. The number of rotatable bonds is 5. The van der Waals surface area contributed by atoms with Gasteiger partial charge in [-0.3, -0.25) is 0 Å². The minimum atomic E-state index is -3.58. The van der Waals surface area contributed by atoms with Crippen LogP contribution in [-0.2, 0) is 5.41 Å². The summed E-state index contributed by atoms with van der Waals surface area (Å²) < 4.78 is 2.48. The second kappa shape index (κ2) is 13.0. The summed E-state index contributed by atoms with van der Waals surface area (Å²) in [7, 11) is -3.58. The number of fused-ring (bicyclic) bond motifs is 11. The van der Waals surface area contributed by atoms with Crippen molar-refractivity contribution in [3.8, 4) is 16.8 Å². The Morgan fingerprint density at radius 2 is 0.966 bits per heavy atom. The maximum absolute atomic E-state index is 13.8. The van der Waals surface area contributed by atoms with E-state index in [1.54, 1.807) is 0 Å². The summed E-state index contributed by atoms with van der Waals surface area (Å²) in [5.41, 5.74) is 13.0. The zero-order valence-corrected chi connectivity index (χ0v) is 33.2. The summed E-state index contributed by atoms with van der Waals surface area (Å²) >= 11 is 0. The Morgan fingerprint density at radius 3 is 1.76 bits per heavy atom. The fourth-order valence-corrected chi connectivity index (χ4v) is 14.0. The molecule has 0 saturated heterocycles. The molecule has 3 nitrogen and oxygen atoms in total. The maximum atomic E-state index is 13.8. The summed E-state index contributed by atoms with van der Waals surface area (Å²) in [5, 5.41) is 5.48. The van der Waals surface area contributed by atoms with E-state index in [-0.39, 0.29) is 0 Å². The molecule has 4 heteroatoms. The molecule has 9 aromatic carbocycles. The second-order valence-corrected chi connectivity index (χ2v) is 18.8. The van der Waals surface area contributed by atoms with Crippen LogP contribution in [-0.4, -0.2) is 9.46 Å². The molecule has 1 aromatic heterocycles. The van der Waals surface area contributed by atoms with Crippen LogP contribution in [0.2, 0.25) is 0 Å². The first-order valence-corrected chi connectivity index (χ1v) is 22.3. The van der Waals surface area contributed by atoms with Crippen LogP contribution in [0.4, 0.5) is 17.1 Å². The van der Waals surface area contributed by atoms with E-state index in [1.165, 1.54) is 44.1 Å². The molecule has 1 N–H and O–H groups in total. The van der Waals surface area contributed by atoms with Gasteiger partial charge >= 0.3 is 340 Å². The molecule has 12 rings (SSSR count). The van der Waals surface area contributed by atoms with E-state index in [9.17, 15) is 4.89 Å². The van der Waals surface area contributed by atoms with E-state index >= 15 is 0 Å². The monoisotopic (exact) mass is 774 g/mol. The Kier molecular flexibility index (Phi) is 7.50. The zero-order valence-electron chi connectivity index (χ0n) is 32.2. The molecular formula is C55H39N2OP. The minimum absolute atomic E-state index is 0.754. The van der Waals surface area contributed by atoms with Crippen molar-refractivity contribution in [3.05, 3.63) is 247 Å². The fraction of sp³-hybridized carbons (Fsp3) is 0.0182. The number of hydrogen-bond donors (Lipinski definition) is 1. The number of anilines is 3. The zero-order chi connectivity index (χ0) is 39.1. The number of benzene rings is 9. The first-order chi connectivity index (χ1) is 29.2. The van der Waals surface area contributed by atoms with Gasteiger partial charge in [-0.05, 0) is 0 Å². The van der Waals surface area contributed by atoms with Gasteiger partial charge in [0.2, 0.25) is 0 Å². The molecule has 0 aliphatic carbocycles. The predicted octanol–water partition coefficient (Wildman–Crippen LogP) is 11.9. The van der Waals surface area contributed by atoms with Gasteiger partial charge in [0.05, 0.1) is 0 Å². The molecule has 1 spiro atoms. The summed E-state index contributed by atoms with van der Waals surface area (Å²) in [5.74, 6) is 0. The normalized spacial score (nSPS) is 16.3. The van der Waals surface area contributed by atoms with Crippen molar-refractivity contribution in [1.29, 1.82) is 0 Å². The van der Waals surface area contributed by atoms with Gasteiger partial charge < -0.3 is 0 Å². The van der Waals surface area contributed by atoms with Gasteiger partial charge in [0, 0.05) is 0 Å². The van der Waals surface area contributed by atoms with Crippen molar-refractivity contribution in [1.82, 2.24) is 4.57 Å². The first-order valence-electron chi connectivity index (χ1n) is 20.3. The third-order valence-electron chi connectivity index (χ3n) is 12.9. The van der Waals surface area contributed by atoms with Crippen LogP contribution < -0.4 is 20.8 Å². The number of aromatic nitrogens is 1. The van der Waals surface area contributed by atoms with Gasteiger partial charge in [-0.25, -0.2) is 0 Å². The summed E-state index contributed by atoms with van der Waals surface area (Å²) in [6.07, 6.45) is 0. The fourth-order valence-electron chi connectivity index (χ4n) is 10.4. The average molecular weight is 775 g/mol. The number of nitrogens with zero attached hydrogens (tertiary/aromatic N) is 2. The van der Waals surface area contributed by atoms with Gasteiger partial charge in [-0.15, -0.1) is 0 Å². The van der Waals surface area contributed by atoms with E-state index in [2.05, 4.69) is 228 Å². The molecule has 2 aliphatic rings. The van der Waals surface area contributed by atoms with Gasteiger partial charge in [0.1, 0.15) is 0 Å². The van der Waals surface area contributed by atoms with E-state index in [0.29, 0.717) is 0 Å². The average Bonchev–Trinajstić information content (AvgIpc) is 3.66. The Balaban J connectivity index is 1.21. The molecule has 1 atom stereocenters. The van der Waals surface area contributed by atoms with Crippen LogP contribution in [0.15, 0.2) is 224 Å². The SMILES string of the molecule is O[PH]1(c2ccccc2)c2ccccc2C2(c3ccccc3-n3c4ccccc4c4cccc2c43)c2cc(N(c3ccccc3)c3ccc(-c4ccccc4)cc3)ccc21. The summed E-state index contributed by atoms with van der Waals surface area (Å²) in [4.78, 5) is 16.2. The van der Waals surface area contributed by atoms with E-state index in [0.717, 1.165) is 49.8 Å². The molecule has 0 radical (unpaired) electrons. The third kappa shape index (κ3) is 4.72. The van der Waals surface area contributed by atoms with Crippen molar-refractivity contribution in [3.63, 3.8) is 0 Å². The van der Waals surface area contributed by atoms with Crippen molar-refractivity contribution < 1.29 is 4.89 Å². The van der Waals surface area contributed by atoms with Crippen LogP contribution in [0.1, 0.15) is 22.3 Å². The Labute approximate surface area is 344 Å². The van der Waals surface area contributed by atoms with Crippen LogP contribution in [0.5, 0.6) is 0 Å². The molecule has 59 heavy (non-hydrogen) atoms. The van der Waals surface area contributed by atoms with Crippen molar-refractivity contribution in [2.24, 2.45) is 0 Å². The number of hydrogen-bond acceptors (Lipinski definition) is 2. The Bertz CT molecular complexity index is 3230. The molecular weight excluding hydrogens is 736 g/mol. The standard InChI is InChI=1S/C55H39N2OP/c58-59(43-21-8-3-9-22-43)52-30-15-12-26-47(52)55(46-25-11-14-29-51(46)57-50-28-13-10-23-44(50)45-24-16-27-48(55)54(45)57)49-37-42(35-36-53(49)59)56(40-19-6-2-7-20-40)41-33-31-39(32-34-41)38-17-4-1-5-18-38/h1-37,58-59H. The Hall–Kier alpha value is -7.03. The van der Waals surface area contributed by atoms with Crippen molar-refractivity contribution >= 4 is 62.3 Å². The topological polar surface area (TPSA) is 28.4 Å².